The van der Waals surface area contributed by atoms with Crippen molar-refractivity contribution in [2.45, 2.75) is 46.5 Å². The van der Waals surface area contributed by atoms with E-state index < -0.39 is 10.0 Å². The number of rotatable bonds is 10. The van der Waals surface area contributed by atoms with Crippen molar-refractivity contribution in [2.24, 2.45) is 5.92 Å². The van der Waals surface area contributed by atoms with Gasteiger partial charge in [0.05, 0.1) is 11.9 Å². The number of aryl methyl sites for hydroxylation is 1. The van der Waals surface area contributed by atoms with Crippen LogP contribution < -0.4 is 9.62 Å². The molecule has 0 aliphatic heterocycles. The van der Waals surface area contributed by atoms with Gasteiger partial charge in [0.15, 0.2) is 0 Å². The summed E-state index contributed by atoms with van der Waals surface area (Å²) in [6, 6.07) is 7.12. The minimum Gasteiger partial charge on any atom is -0.354 e. The van der Waals surface area contributed by atoms with Crippen molar-refractivity contribution in [3.8, 4) is 0 Å². The van der Waals surface area contributed by atoms with Crippen LogP contribution in [0.25, 0.3) is 0 Å². The molecule has 0 aromatic heterocycles. The molecule has 6 heteroatoms. The lowest BCUT2D eigenvalue weighted by Gasteiger charge is -2.23. The fourth-order valence-corrected chi connectivity index (χ4v) is 3.36. The Hall–Kier alpha value is -1.56. The second-order valence-electron chi connectivity index (χ2n) is 6.33. The largest absolute Gasteiger partial charge is 0.354 e. The number of carbonyl (C=O) groups is 1. The van der Waals surface area contributed by atoms with Crippen LogP contribution in [-0.4, -0.2) is 33.7 Å². The van der Waals surface area contributed by atoms with Gasteiger partial charge in [0, 0.05) is 6.54 Å². The van der Waals surface area contributed by atoms with E-state index in [-0.39, 0.29) is 12.5 Å². The van der Waals surface area contributed by atoms with E-state index in [0.717, 1.165) is 41.8 Å². The van der Waals surface area contributed by atoms with Gasteiger partial charge in [0.25, 0.3) is 0 Å². The number of nitrogens with one attached hydrogen (secondary N) is 1. The summed E-state index contributed by atoms with van der Waals surface area (Å²) < 4.78 is 25.2. The second-order valence-corrected chi connectivity index (χ2v) is 8.23. The van der Waals surface area contributed by atoms with Gasteiger partial charge in [-0.25, -0.2) is 8.42 Å². The van der Waals surface area contributed by atoms with E-state index in [1.807, 2.05) is 19.1 Å². The smallest absolute Gasteiger partial charge is 0.240 e. The minimum absolute atomic E-state index is 0.188. The first-order chi connectivity index (χ1) is 11.3. The zero-order valence-corrected chi connectivity index (χ0v) is 16.0. The highest BCUT2D eigenvalue weighted by Gasteiger charge is 2.21. The molecule has 0 aliphatic rings. The Kier molecular flexibility index (Phi) is 8.25. The molecule has 0 bridgehead atoms. The number of carbonyl (C=O) groups excluding carboxylic acids is 1. The third kappa shape index (κ3) is 6.91. The maximum Gasteiger partial charge on any atom is 0.240 e. The molecule has 1 rings (SSSR count). The van der Waals surface area contributed by atoms with Crippen LogP contribution in [0.4, 0.5) is 5.69 Å². The predicted octanol–water partition coefficient (Wildman–Crippen LogP) is 3.09. The molecule has 0 saturated carbocycles. The summed E-state index contributed by atoms with van der Waals surface area (Å²) in [5.41, 5.74) is 1.55. The number of unbranched alkanes of at least 4 members (excludes halogenated alkanes) is 1. The van der Waals surface area contributed by atoms with Gasteiger partial charge in [0.2, 0.25) is 15.9 Å². The molecular weight excluding hydrogens is 324 g/mol. The average molecular weight is 355 g/mol. The number of nitrogens with zero attached hydrogens (tertiary/aromatic N) is 1. The van der Waals surface area contributed by atoms with Crippen molar-refractivity contribution in [3.05, 3.63) is 29.8 Å². The third-order valence-electron chi connectivity index (χ3n) is 4.14. The van der Waals surface area contributed by atoms with Crippen molar-refractivity contribution >= 4 is 21.6 Å². The summed E-state index contributed by atoms with van der Waals surface area (Å²) in [5.74, 6) is 0.177. The van der Waals surface area contributed by atoms with Crippen LogP contribution in [0.2, 0.25) is 0 Å². The molecular formula is C18H30N2O3S. The highest BCUT2D eigenvalue weighted by molar-refractivity contribution is 7.92. The Morgan fingerprint density at radius 2 is 1.83 bits per heavy atom. The van der Waals surface area contributed by atoms with Crippen LogP contribution in [0.3, 0.4) is 0 Å². The minimum atomic E-state index is -3.51. The van der Waals surface area contributed by atoms with Gasteiger partial charge in [-0.1, -0.05) is 50.8 Å². The Labute approximate surface area is 146 Å². The van der Waals surface area contributed by atoms with Gasteiger partial charge in [-0.2, -0.15) is 0 Å². The van der Waals surface area contributed by atoms with Crippen molar-refractivity contribution in [1.29, 1.82) is 0 Å². The highest BCUT2D eigenvalue weighted by atomic mass is 32.2. The first kappa shape index (κ1) is 20.5. The first-order valence-corrected chi connectivity index (χ1v) is 10.4. The molecule has 0 fully saturated rings. The van der Waals surface area contributed by atoms with Crippen molar-refractivity contribution < 1.29 is 13.2 Å². The zero-order valence-electron chi connectivity index (χ0n) is 15.2. The molecule has 0 saturated heterocycles. The lowest BCUT2D eigenvalue weighted by molar-refractivity contribution is -0.119. The maximum absolute atomic E-state index is 12.2. The van der Waals surface area contributed by atoms with Gasteiger partial charge in [0.1, 0.15) is 6.54 Å². The molecule has 1 aromatic carbocycles. The summed E-state index contributed by atoms with van der Waals surface area (Å²) in [6.45, 7) is 6.61. The van der Waals surface area contributed by atoms with Crippen LogP contribution in [0.5, 0.6) is 0 Å². The zero-order chi connectivity index (χ0) is 18.2. The number of sulfonamides is 1. The lowest BCUT2D eigenvalue weighted by atomic mass is 9.99. The molecule has 1 atom stereocenters. The summed E-state index contributed by atoms with van der Waals surface area (Å²) in [4.78, 5) is 12.2. The molecule has 0 unspecified atom stereocenters. The van der Waals surface area contributed by atoms with Crippen LogP contribution in [0.15, 0.2) is 24.3 Å². The second kappa shape index (κ2) is 9.67. The molecule has 0 radical (unpaired) electrons. The van der Waals surface area contributed by atoms with Crippen molar-refractivity contribution in [2.75, 3.05) is 23.7 Å². The number of hydrogen-bond donors (Lipinski definition) is 1. The number of hydrogen-bond acceptors (Lipinski definition) is 3. The predicted molar refractivity (Wildman–Crippen MR) is 99.7 cm³/mol. The number of anilines is 1. The van der Waals surface area contributed by atoms with Crippen molar-refractivity contribution in [1.82, 2.24) is 5.32 Å². The van der Waals surface area contributed by atoms with E-state index in [1.165, 1.54) is 0 Å². The molecule has 5 nitrogen and oxygen atoms in total. The normalized spacial score (nSPS) is 12.7. The fraction of sp³-hybridized carbons (Fsp3) is 0.611. The summed E-state index contributed by atoms with van der Waals surface area (Å²) >= 11 is 0. The maximum atomic E-state index is 12.2. The Bertz CT molecular complexity index is 612. The van der Waals surface area contributed by atoms with E-state index in [9.17, 15) is 13.2 Å². The SMILES string of the molecule is CCCC[C@@H](CC)CNC(=O)CN(c1ccc(C)cc1)S(C)(=O)=O. The van der Waals surface area contributed by atoms with E-state index in [2.05, 4.69) is 19.2 Å². The van der Waals surface area contributed by atoms with Gasteiger partial charge in [-0.3, -0.25) is 9.10 Å². The quantitative estimate of drug-likeness (QED) is 0.702. The Morgan fingerprint density at radius 3 is 2.33 bits per heavy atom. The standard InChI is InChI=1S/C18H30N2O3S/c1-5-7-8-16(6-2)13-19-18(21)14-20(24(4,22)23)17-11-9-15(3)10-12-17/h9-12,16H,5-8,13-14H2,1-4H3,(H,19,21)/t16-/m1/s1. The van der Waals surface area contributed by atoms with E-state index in [1.54, 1.807) is 12.1 Å². The van der Waals surface area contributed by atoms with Crippen LogP contribution in [0.1, 0.15) is 45.1 Å². The molecule has 0 heterocycles. The molecule has 0 spiro atoms. The lowest BCUT2D eigenvalue weighted by Crippen LogP contribution is -2.41. The van der Waals surface area contributed by atoms with Crippen LogP contribution in [0, 0.1) is 12.8 Å². The third-order valence-corrected chi connectivity index (χ3v) is 5.28. The molecule has 24 heavy (non-hydrogen) atoms. The van der Waals surface area contributed by atoms with Crippen LogP contribution in [-0.2, 0) is 14.8 Å². The monoisotopic (exact) mass is 354 g/mol. The molecule has 1 aromatic rings. The fourth-order valence-electron chi connectivity index (χ4n) is 2.50. The summed E-state index contributed by atoms with van der Waals surface area (Å²) in [7, 11) is -3.51. The number of amides is 1. The van der Waals surface area contributed by atoms with Crippen molar-refractivity contribution in [3.63, 3.8) is 0 Å². The highest BCUT2D eigenvalue weighted by Crippen LogP contribution is 2.18. The summed E-state index contributed by atoms with van der Waals surface area (Å²) in [6.07, 6.45) is 5.50. The Balaban J connectivity index is 2.70. The topological polar surface area (TPSA) is 66.5 Å². The molecule has 136 valence electrons. The van der Waals surface area contributed by atoms with E-state index >= 15 is 0 Å². The molecule has 1 amide bonds. The van der Waals surface area contributed by atoms with Gasteiger partial charge in [-0.05, 0) is 31.4 Å². The van der Waals surface area contributed by atoms with Crippen LogP contribution >= 0.6 is 0 Å². The van der Waals surface area contributed by atoms with Gasteiger partial charge >= 0.3 is 0 Å². The average Bonchev–Trinajstić information content (AvgIpc) is 2.53. The number of benzene rings is 1. The van der Waals surface area contributed by atoms with E-state index in [0.29, 0.717) is 18.2 Å². The Morgan fingerprint density at radius 1 is 1.21 bits per heavy atom. The van der Waals surface area contributed by atoms with Gasteiger partial charge < -0.3 is 5.32 Å². The molecule has 1 N–H and O–H groups in total. The van der Waals surface area contributed by atoms with Gasteiger partial charge in [-0.15, -0.1) is 0 Å². The summed E-state index contributed by atoms with van der Waals surface area (Å²) in [5, 5.41) is 2.88. The molecule has 0 aliphatic carbocycles. The van der Waals surface area contributed by atoms with E-state index in [4.69, 9.17) is 0 Å². The first-order valence-electron chi connectivity index (χ1n) is 8.59.